The van der Waals surface area contributed by atoms with Crippen LogP contribution in [-0.4, -0.2) is 28.6 Å². The molecule has 0 saturated carbocycles. The minimum atomic E-state index is -0.901. The van der Waals surface area contributed by atoms with Crippen molar-refractivity contribution in [3.8, 4) is 0 Å². The van der Waals surface area contributed by atoms with E-state index in [-0.39, 0.29) is 19.4 Å². The summed E-state index contributed by atoms with van der Waals surface area (Å²) in [5.74, 6) is -1.34. The SMILES string of the molecule is CCCc1nc2ccc(Br)cc2c(CCC(=O)O)c1C(=O)OCC. The fourth-order valence-electron chi connectivity index (χ4n) is 2.71. The molecule has 6 heteroatoms. The highest BCUT2D eigenvalue weighted by Gasteiger charge is 2.22. The van der Waals surface area contributed by atoms with E-state index in [1.165, 1.54) is 0 Å². The third-order valence-corrected chi connectivity index (χ3v) is 4.18. The molecule has 2 rings (SSSR count). The lowest BCUT2D eigenvalue weighted by Crippen LogP contribution is -2.15. The van der Waals surface area contributed by atoms with Crippen LogP contribution in [-0.2, 0) is 22.4 Å². The van der Waals surface area contributed by atoms with Gasteiger partial charge >= 0.3 is 11.9 Å². The molecule has 128 valence electrons. The van der Waals surface area contributed by atoms with Gasteiger partial charge in [0.05, 0.1) is 23.4 Å². The highest BCUT2D eigenvalue weighted by Crippen LogP contribution is 2.29. The summed E-state index contributed by atoms with van der Waals surface area (Å²) < 4.78 is 6.06. The van der Waals surface area contributed by atoms with E-state index in [0.29, 0.717) is 23.2 Å². The van der Waals surface area contributed by atoms with E-state index < -0.39 is 11.9 Å². The summed E-state index contributed by atoms with van der Waals surface area (Å²) in [4.78, 5) is 28.2. The lowest BCUT2D eigenvalue weighted by molar-refractivity contribution is -0.136. The quantitative estimate of drug-likeness (QED) is 0.715. The molecular weight excluding hydrogens is 374 g/mol. The maximum Gasteiger partial charge on any atom is 0.340 e. The Kier molecular flexibility index (Phi) is 6.31. The van der Waals surface area contributed by atoms with Gasteiger partial charge in [-0.1, -0.05) is 29.3 Å². The standard InChI is InChI=1S/C18H20BrNO4/c1-3-5-15-17(18(23)24-4-2)12(7-9-16(21)22)13-10-11(19)6-8-14(13)20-15/h6,8,10H,3-5,7,9H2,1-2H3,(H,21,22). The first-order chi connectivity index (χ1) is 11.5. The van der Waals surface area contributed by atoms with Crippen LogP contribution in [0.2, 0.25) is 0 Å². The zero-order valence-electron chi connectivity index (χ0n) is 13.8. The van der Waals surface area contributed by atoms with E-state index in [2.05, 4.69) is 20.9 Å². The summed E-state index contributed by atoms with van der Waals surface area (Å²) in [6, 6.07) is 5.63. The third-order valence-electron chi connectivity index (χ3n) is 3.68. The number of carbonyl (C=O) groups excluding carboxylic acids is 1. The van der Waals surface area contributed by atoms with E-state index in [9.17, 15) is 9.59 Å². The van der Waals surface area contributed by atoms with Crippen molar-refractivity contribution in [3.63, 3.8) is 0 Å². The van der Waals surface area contributed by atoms with E-state index in [1.54, 1.807) is 6.92 Å². The molecule has 0 aliphatic carbocycles. The van der Waals surface area contributed by atoms with Crippen LogP contribution in [0.4, 0.5) is 0 Å². The number of ether oxygens (including phenoxy) is 1. The van der Waals surface area contributed by atoms with Crippen molar-refractivity contribution >= 4 is 38.8 Å². The number of aliphatic carboxylic acids is 1. The Morgan fingerprint density at radius 1 is 1.25 bits per heavy atom. The number of hydrogen-bond acceptors (Lipinski definition) is 4. The van der Waals surface area contributed by atoms with E-state index in [0.717, 1.165) is 21.8 Å². The second-order valence-electron chi connectivity index (χ2n) is 5.44. The van der Waals surface area contributed by atoms with Gasteiger partial charge in [0.1, 0.15) is 0 Å². The Labute approximate surface area is 149 Å². The molecule has 5 nitrogen and oxygen atoms in total. The summed E-state index contributed by atoms with van der Waals surface area (Å²) >= 11 is 3.43. The summed E-state index contributed by atoms with van der Waals surface area (Å²) in [5, 5.41) is 9.85. The number of nitrogens with zero attached hydrogens (tertiary/aromatic N) is 1. The Bertz CT molecular complexity index is 773. The molecule has 0 fully saturated rings. The highest BCUT2D eigenvalue weighted by atomic mass is 79.9. The Hall–Kier alpha value is -1.95. The predicted octanol–water partition coefficient (Wildman–Crippen LogP) is 4.14. The largest absolute Gasteiger partial charge is 0.481 e. The molecule has 24 heavy (non-hydrogen) atoms. The van der Waals surface area contributed by atoms with E-state index >= 15 is 0 Å². The predicted molar refractivity (Wildman–Crippen MR) is 95.4 cm³/mol. The van der Waals surface area contributed by atoms with Crippen molar-refractivity contribution < 1.29 is 19.4 Å². The molecule has 0 saturated heterocycles. The van der Waals surface area contributed by atoms with Gasteiger partial charge < -0.3 is 9.84 Å². The maximum atomic E-state index is 12.5. The number of carboxylic acids is 1. The van der Waals surface area contributed by atoms with Gasteiger partial charge in [0.2, 0.25) is 0 Å². The average molecular weight is 394 g/mol. The van der Waals surface area contributed by atoms with Crippen LogP contribution in [0.25, 0.3) is 10.9 Å². The monoisotopic (exact) mass is 393 g/mol. The highest BCUT2D eigenvalue weighted by molar-refractivity contribution is 9.10. The normalized spacial score (nSPS) is 10.8. The molecule has 1 aromatic carbocycles. The van der Waals surface area contributed by atoms with Crippen molar-refractivity contribution in [2.24, 2.45) is 0 Å². The van der Waals surface area contributed by atoms with Crippen molar-refractivity contribution in [3.05, 3.63) is 39.5 Å². The minimum absolute atomic E-state index is 0.0520. The average Bonchev–Trinajstić information content (AvgIpc) is 2.53. The molecule has 0 atom stereocenters. The van der Waals surface area contributed by atoms with Gasteiger partial charge in [0.25, 0.3) is 0 Å². The van der Waals surface area contributed by atoms with Crippen LogP contribution in [0.3, 0.4) is 0 Å². The molecule has 1 heterocycles. The topological polar surface area (TPSA) is 76.5 Å². The van der Waals surface area contributed by atoms with Gasteiger partial charge in [-0.15, -0.1) is 0 Å². The molecule has 0 unspecified atom stereocenters. The van der Waals surface area contributed by atoms with Crippen molar-refractivity contribution in [2.45, 2.75) is 39.5 Å². The molecule has 1 N–H and O–H groups in total. The number of rotatable bonds is 7. The number of hydrogen-bond donors (Lipinski definition) is 1. The number of pyridine rings is 1. The molecule has 1 aromatic heterocycles. The van der Waals surface area contributed by atoms with Crippen LogP contribution in [0.5, 0.6) is 0 Å². The zero-order chi connectivity index (χ0) is 17.7. The molecular formula is C18H20BrNO4. The van der Waals surface area contributed by atoms with Crippen molar-refractivity contribution in [1.82, 2.24) is 4.98 Å². The number of carboxylic acid groups (broad SMARTS) is 1. The second kappa shape index (κ2) is 8.24. The lowest BCUT2D eigenvalue weighted by atomic mass is 9.95. The summed E-state index contributed by atoms with van der Waals surface area (Å²) in [6.45, 7) is 4.03. The van der Waals surface area contributed by atoms with Crippen LogP contribution in [0, 0.1) is 0 Å². The molecule has 0 radical (unpaired) electrons. The minimum Gasteiger partial charge on any atom is -0.481 e. The molecule has 2 aromatic rings. The third kappa shape index (κ3) is 4.12. The lowest BCUT2D eigenvalue weighted by Gasteiger charge is -2.16. The smallest absolute Gasteiger partial charge is 0.340 e. The Balaban J connectivity index is 2.73. The molecule has 0 bridgehead atoms. The van der Waals surface area contributed by atoms with Crippen LogP contribution >= 0.6 is 15.9 Å². The number of fused-ring (bicyclic) bond motifs is 1. The summed E-state index contributed by atoms with van der Waals surface area (Å²) in [6.07, 6.45) is 1.68. The number of esters is 1. The van der Waals surface area contributed by atoms with Crippen molar-refractivity contribution in [2.75, 3.05) is 6.61 Å². The van der Waals surface area contributed by atoms with E-state index in [1.807, 2.05) is 25.1 Å². The number of aromatic nitrogens is 1. The Morgan fingerprint density at radius 2 is 2.00 bits per heavy atom. The van der Waals surface area contributed by atoms with Crippen LogP contribution < -0.4 is 0 Å². The number of halogens is 1. The van der Waals surface area contributed by atoms with Gasteiger partial charge in [-0.3, -0.25) is 9.78 Å². The molecule has 0 aliphatic heterocycles. The first kappa shape index (κ1) is 18.4. The first-order valence-electron chi connectivity index (χ1n) is 7.97. The number of benzene rings is 1. The van der Waals surface area contributed by atoms with E-state index in [4.69, 9.17) is 9.84 Å². The van der Waals surface area contributed by atoms with Gasteiger partial charge in [-0.25, -0.2) is 4.79 Å². The number of aryl methyl sites for hydroxylation is 2. The van der Waals surface area contributed by atoms with Crippen LogP contribution in [0.15, 0.2) is 22.7 Å². The van der Waals surface area contributed by atoms with Gasteiger partial charge in [-0.2, -0.15) is 0 Å². The fourth-order valence-corrected chi connectivity index (χ4v) is 3.07. The first-order valence-corrected chi connectivity index (χ1v) is 8.77. The van der Waals surface area contributed by atoms with Gasteiger partial charge in [0.15, 0.2) is 0 Å². The summed E-state index contributed by atoms with van der Waals surface area (Å²) in [7, 11) is 0. The van der Waals surface area contributed by atoms with Crippen LogP contribution in [0.1, 0.15) is 48.3 Å². The molecule has 0 spiro atoms. The zero-order valence-corrected chi connectivity index (χ0v) is 15.4. The fraction of sp³-hybridized carbons (Fsp3) is 0.389. The molecule has 0 aliphatic rings. The van der Waals surface area contributed by atoms with Gasteiger partial charge in [0, 0.05) is 16.3 Å². The second-order valence-corrected chi connectivity index (χ2v) is 6.35. The molecule has 0 amide bonds. The maximum absolute atomic E-state index is 12.5. The van der Waals surface area contributed by atoms with Crippen molar-refractivity contribution in [1.29, 1.82) is 0 Å². The number of carbonyl (C=O) groups is 2. The Morgan fingerprint density at radius 3 is 2.62 bits per heavy atom. The summed E-state index contributed by atoms with van der Waals surface area (Å²) in [5.41, 5.74) is 2.55. The van der Waals surface area contributed by atoms with Gasteiger partial charge in [-0.05, 0) is 43.5 Å².